The molecule has 1 aromatic rings. The summed E-state index contributed by atoms with van der Waals surface area (Å²) in [5.41, 5.74) is 2.76. The molecule has 3 heteroatoms. The first-order valence-corrected chi connectivity index (χ1v) is 7.63. The molecule has 1 aromatic carbocycles. The van der Waals surface area contributed by atoms with Crippen LogP contribution in [-0.2, 0) is 0 Å². The van der Waals surface area contributed by atoms with E-state index in [9.17, 15) is 0 Å². The van der Waals surface area contributed by atoms with E-state index in [1.807, 2.05) is 11.8 Å². The molecule has 0 spiro atoms. The van der Waals surface area contributed by atoms with E-state index >= 15 is 0 Å². The van der Waals surface area contributed by atoms with Gasteiger partial charge in [0.2, 0.25) is 0 Å². The molecule has 2 nitrogen and oxygen atoms in total. The van der Waals surface area contributed by atoms with Crippen molar-refractivity contribution in [3.8, 4) is 0 Å². The van der Waals surface area contributed by atoms with Crippen LogP contribution in [0.5, 0.6) is 0 Å². The molecule has 0 atom stereocenters. The van der Waals surface area contributed by atoms with Crippen molar-refractivity contribution in [1.82, 2.24) is 10.2 Å². The molecular formula is C15H26N2S. The molecule has 0 saturated carbocycles. The summed E-state index contributed by atoms with van der Waals surface area (Å²) in [7, 11) is 4.24. The highest BCUT2D eigenvalue weighted by Crippen LogP contribution is 2.20. The van der Waals surface area contributed by atoms with Crippen LogP contribution in [-0.4, -0.2) is 44.4 Å². The fourth-order valence-corrected chi connectivity index (χ4v) is 2.60. The monoisotopic (exact) mass is 266 g/mol. The first kappa shape index (κ1) is 15.5. The van der Waals surface area contributed by atoms with E-state index in [0.29, 0.717) is 0 Å². The van der Waals surface area contributed by atoms with Crippen LogP contribution in [0, 0.1) is 13.8 Å². The number of thioether (sulfide) groups is 1. The second-order valence-corrected chi connectivity index (χ2v) is 6.17. The van der Waals surface area contributed by atoms with Crippen LogP contribution in [0.25, 0.3) is 0 Å². The summed E-state index contributed by atoms with van der Waals surface area (Å²) in [6.45, 7) is 7.71. The van der Waals surface area contributed by atoms with Gasteiger partial charge in [0.05, 0.1) is 0 Å². The van der Waals surface area contributed by atoms with Gasteiger partial charge in [0.15, 0.2) is 0 Å². The summed E-state index contributed by atoms with van der Waals surface area (Å²) < 4.78 is 0. The second-order valence-electron chi connectivity index (χ2n) is 5.00. The van der Waals surface area contributed by atoms with E-state index in [1.54, 1.807) is 0 Å². The van der Waals surface area contributed by atoms with Crippen molar-refractivity contribution in [2.75, 3.05) is 39.5 Å². The van der Waals surface area contributed by atoms with Crippen molar-refractivity contribution >= 4 is 11.8 Å². The lowest BCUT2D eigenvalue weighted by molar-refractivity contribution is 0.396. The number of nitrogens with one attached hydrogen (secondary N) is 1. The van der Waals surface area contributed by atoms with E-state index in [4.69, 9.17) is 0 Å². The molecule has 0 bridgehead atoms. The molecule has 0 radical (unpaired) electrons. The van der Waals surface area contributed by atoms with Crippen LogP contribution in [0.15, 0.2) is 23.1 Å². The zero-order valence-electron chi connectivity index (χ0n) is 12.1. The Kier molecular flexibility index (Phi) is 7.40. The molecule has 1 N–H and O–H groups in total. The molecule has 0 aliphatic heterocycles. The normalized spacial score (nSPS) is 11.2. The highest BCUT2D eigenvalue weighted by molar-refractivity contribution is 7.99. The lowest BCUT2D eigenvalue weighted by Crippen LogP contribution is -2.23. The molecule has 0 aromatic heterocycles. The van der Waals surface area contributed by atoms with Gasteiger partial charge in [0.25, 0.3) is 0 Å². The first-order chi connectivity index (χ1) is 8.59. The number of hydrogen-bond acceptors (Lipinski definition) is 3. The van der Waals surface area contributed by atoms with E-state index in [1.165, 1.54) is 22.4 Å². The third kappa shape index (κ3) is 6.43. The summed E-state index contributed by atoms with van der Waals surface area (Å²) in [5.74, 6) is 1.14. The number of nitrogens with zero attached hydrogens (tertiary/aromatic N) is 1. The van der Waals surface area contributed by atoms with Crippen molar-refractivity contribution in [2.45, 2.75) is 25.2 Å². The molecule has 0 heterocycles. The average molecular weight is 266 g/mol. The minimum absolute atomic E-state index is 1.09. The molecule has 0 unspecified atom stereocenters. The van der Waals surface area contributed by atoms with Crippen LogP contribution in [0.1, 0.15) is 17.5 Å². The molecule has 0 aliphatic carbocycles. The van der Waals surface area contributed by atoms with Crippen molar-refractivity contribution in [3.05, 3.63) is 29.3 Å². The summed E-state index contributed by atoms with van der Waals surface area (Å²) in [6.07, 6.45) is 1.22. The standard InChI is InChI=1S/C15H26N2S/c1-13-6-7-15(12-14(13)2)18-11-9-16-8-5-10-17(3)4/h6-7,12,16H,5,8-11H2,1-4H3. The van der Waals surface area contributed by atoms with E-state index in [2.05, 4.69) is 56.4 Å². The topological polar surface area (TPSA) is 15.3 Å². The van der Waals surface area contributed by atoms with Gasteiger partial charge in [-0.1, -0.05) is 6.07 Å². The highest BCUT2D eigenvalue weighted by atomic mass is 32.2. The van der Waals surface area contributed by atoms with Crippen molar-refractivity contribution in [1.29, 1.82) is 0 Å². The zero-order chi connectivity index (χ0) is 13.4. The Balaban J connectivity index is 2.09. The van der Waals surface area contributed by atoms with Crippen LogP contribution in [0.4, 0.5) is 0 Å². The Morgan fingerprint density at radius 2 is 1.89 bits per heavy atom. The van der Waals surface area contributed by atoms with Gasteiger partial charge in [0, 0.05) is 17.2 Å². The quantitative estimate of drug-likeness (QED) is 0.575. The molecule has 0 fully saturated rings. The maximum absolute atomic E-state index is 3.49. The van der Waals surface area contributed by atoms with Crippen LogP contribution in [0.3, 0.4) is 0 Å². The smallest absolute Gasteiger partial charge is 0.0106 e. The van der Waals surface area contributed by atoms with Crippen molar-refractivity contribution in [2.24, 2.45) is 0 Å². The largest absolute Gasteiger partial charge is 0.316 e. The fourth-order valence-electron chi connectivity index (χ4n) is 1.69. The Morgan fingerprint density at radius 1 is 1.11 bits per heavy atom. The Labute approximate surface area is 116 Å². The molecular weight excluding hydrogens is 240 g/mol. The van der Waals surface area contributed by atoms with Crippen molar-refractivity contribution in [3.63, 3.8) is 0 Å². The number of rotatable bonds is 8. The maximum atomic E-state index is 3.49. The fraction of sp³-hybridized carbons (Fsp3) is 0.600. The number of benzene rings is 1. The van der Waals surface area contributed by atoms with Gasteiger partial charge < -0.3 is 10.2 Å². The van der Waals surface area contributed by atoms with Gasteiger partial charge >= 0.3 is 0 Å². The van der Waals surface area contributed by atoms with Crippen LogP contribution >= 0.6 is 11.8 Å². The predicted octanol–water partition coefficient (Wildman–Crippen LogP) is 2.94. The lowest BCUT2D eigenvalue weighted by atomic mass is 10.1. The molecule has 0 amide bonds. The molecule has 102 valence electrons. The number of hydrogen-bond donors (Lipinski definition) is 1. The lowest BCUT2D eigenvalue weighted by Gasteiger charge is -2.10. The van der Waals surface area contributed by atoms with E-state index in [0.717, 1.165) is 25.4 Å². The molecule has 0 saturated heterocycles. The second kappa shape index (κ2) is 8.57. The SMILES string of the molecule is Cc1ccc(SCCNCCCN(C)C)cc1C. The third-order valence-electron chi connectivity index (χ3n) is 2.98. The van der Waals surface area contributed by atoms with Gasteiger partial charge in [-0.15, -0.1) is 11.8 Å². The summed E-state index contributed by atoms with van der Waals surface area (Å²) in [4.78, 5) is 3.61. The van der Waals surface area contributed by atoms with Gasteiger partial charge in [-0.3, -0.25) is 0 Å². The summed E-state index contributed by atoms with van der Waals surface area (Å²) in [5, 5.41) is 3.49. The van der Waals surface area contributed by atoms with Crippen LogP contribution in [0.2, 0.25) is 0 Å². The van der Waals surface area contributed by atoms with Gasteiger partial charge in [-0.25, -0.2) is 0 Å². The van der Waals surface area contributed by atoms with Crippen molar-refractivity contribution < 1.29 is 0 Å². The van der Waals surface area contributed by atoms with Crippen LogP contribution < -0.4 is 5.32 Å². The first-order valence-electron chi connectivity index (χ1n) is 6.65. The summed E-state index contributed by atoms with van der Waals surface area (Å²) in [6, 6.07) is 6.72. The average Bonchev–Trinajstić information content (AvgIpc) is 2.32. The predicted molar refractivity (Wildman–Crippen MR) is 82.7 cm³/mol. The Morgan fingerprint density at radius 3 is 2.56 bits per heavy atom. The molecule has 0 aliphatic rings. The third-order valence-corrected chi connectivity index (χ3v) is 3.98. The molecule has 18 heavy (non-hydrogen) atoms. The van der Waals surface area contributed by atoms with E-state index in [-0.39, 0.29) is 0 Å². The Bertz CT molecular complexity index is 350. The van der Waals surface area contributed by atoms with Gasteiger partial charge in [-0.05, 0) is 70.7 Å². The maximum Gasteiger partial charge on any atom is 0.0106 e. The minimum Gasteiger partial charge on any atom is -0.316 e. The minimum atomic E-state index is 1.09. The number of aryl methyl sites for hydroxylation is 2. The van der Waals surface area contributed by atoms with Gasteiger partial charge in [-0.2, -0.15) is 0 Å². The summed E-state index contributed by atoms with van der Waals surface area (Å²) >= 11 is 1.93. The zero-order valence-corrected chi connectivity index (χ0v) is 12.9. The van der Waals surface area contributed by atoms with E-state index < -0.39 is 0 Å². The Hall–Kier alpha value is -0.510. The molecule has 1 rings (SSSR count). The highest BCUT2D eigenvalue weighted by Gasteiger charge is 1.97. The van der Waals surface area contributed by atoms with Gasteiger partial charge in [0.1, 0.15) is 0 Å².